The predicted octanol–water partition coefficient (Wildman–Crippen LogP) is 1.01. The summed E-state index contributed by atoms with van der Waals surface area (Å²) in [6.45, 7) is 6.87. The van der Waals surface area contributed by atoms with Gasteiger partial charge in [0.15, 0.2) is 5.69 Å². The van der Waals surface area contributed by atoms with Crippen LogP contribution in [0.4, 0.5) is 0 Å². The first kappa shape index (κ1) is 15.5. The molecule has 0 bridgehead atoms. The van der Waals surface area contributed by atoms with Crippen LogP contribution in [0.15, 0.2) is 18.3 Å². The topological polar surface area (TPSA) is 78.2 Å². The van der Waals surface area contributed by atoms with Gasteiger partial charge in [-0.15, -0.1) is 0 Å². The molecule has 0 saturated carbocycles. The van der Waals surface area contributed by atoms with E-state index in [4.69, 9.17) is 0 Å². The molecular weight excluding hydrogens is 296 g/mol. The summed E-state index contributed by atoms with van der Waals surface area (Å²) in [6.07, 6.45) is 1.91. The van der Waals surface area contributed by atoms with Crippen molar-refractivity contribution >= 4 is 17.5 Å². The highest BCUT2D eigenvalue weighted by molar-refractivity contribution is 5.88. The largest absolute Gasteiger partial charge is 0.476 e. The van der Waals surface area contributed by atoms with Crippen LogP contribution in [0, 0.1) is 6.92 Å². The first-order chi connectivity index (χ1) is 11.0. The minimum absolute atomic E-state index is 0.0845. The fraction of sp³-hybridized carbons (Fsp3) is 0.438. The zero-order chi connectivity index (χ0) is 16.6. The number of aromatic carboxylic acids is 1. The van der Waals surface area contributed by atoms with Gasteiger partial charge in [0.1, 0.15) is 5.65 Å². The number of hydrogen-bond acceptors (Lipinski definition) is 4. The first-order valence-electron chi connectivity index (χ1n) is 7.64. The van der Waals surface area contributed by atoms with Crippen LogP contribution in [0.2, 0.25) is 0 Å². The van der Waals surface area contributed by atoms with Crippen molar-refractivity contribution in [2.75, 3.05) is 26.2 Å². The van der Waals surface area contributed by atoms with Gasteiger partial charge in [0.25, 0.3) is 0 Å². The lowest BCUT2D eigenvalue weighted by Crippen LogP contribution is -2.47. The number of imidazole rings is 1. The number of amides is 1. The zero-order valence-electron chi connectivity index (χ0n) is 13.3. The minimum atomic E-state index is -1.01. The second-order valence-corrected chi connectivity index (χ2v) is 5.93. The van der Waals surface area contributed by atoms with E-state index >= 15 is 0 Å². The van der Waals surface area contributed by atoms with Crippen molar-refractivity contribution in [1.82, 2.24) is 19.2 Å². The lowest BCUT2D eigenvalue weighted by atomic mass is 10.2. The molecule has 0 spiro atoms. The summed E-state index contributed by atoms with van der Waals surface area (Å²) < 4.78 is 1.86. The molecular formula is C16H20N4O3. The van der Waals surface area contributed by atoms with Gasteiger partial charge in [-0.2, -0.15) is 0 Å². The number of piperazine rings is 1. The van der Waals surface area contributed by atoms with Crippen LogP contribution in [0.25, 0.3) is 5.65 Å². The Bertz CT molecular complexity index is 760. The maximum atomic E-state index is 11.5. The van der Waals surface area contributed by atoms with E-state index in [1.807, 2.05) is 34.6 Å². The Morgan fingerprint density at radius 3 is 2.52 bits per heavy atom. The van der Waals surface area contributed by atoms with E-state index < -0.39 is 5.97 Å². The van der Waals surface area contributed by atoms with Crippen molar-refractivity contribution < 1.29 is 14.7 Å². The SMILES string of the molecule is CC(=O)N1CCN(Cc2c(C(=O)O)nc3ccc(C)cn23)CC1. The van der Waals surface area contributed by atoms with Crippen molar-refractivity contribution in [2.45, 2.75) is 20.4 Å². The van der Waals surface area contributed by atoms with Gasteiger partial charge < -0.3 is 14.4 Å². The third-order valence-corrected chi connectivity index (χ3v) is 4.26. The molecule has 122 valence electrons. The smallest absolute Gasteiger partial charge is 0.356 e. The quantitative estimate of drug-likeness (QED) is 0.914. The fourth-order valence-electron chi connectivity index (χ4n) is 2.95. The molecule has 1 aliphatic heterocycles. The average Bonchev–Trinajstić information content (AvgIpc) is 2.86. The van der Waals surface area contributed by atoms with E-state index in [-0.39, 0.29) is 11.6 Å². The van der Waals surface area contributed by atoms with Gasteiger partial charge in [-0.25, -0.2) is 9.78 Å². The molecule has 2 aromatic rings. The third-order valence-electron chi connectivity index (χ3n) is 4.26. The highest BCUT2D eigenvalue weighted by Gasteiger charge is 2.23. The molecule has 0 atom stereocenters. The Balaban J connectivity index is 1.87. The summed E-state index contributed by atoms with van der Waals surface area (Å²) >= 11 is 0. The number of nitrogens with zero attached hydrogens (tertiary/aromatic N) is 4. The van der Waals surface area contributed by atoms with Crippen molar-refractivity contribution in [3.8, 4) is 0 Å². The van der Waals surface area contributed by atoms with E-state index in [0.29, 0.717) is 31.0 Å². The molecule has 0 unspecified atom stereocenters. The van der Waals surface area contributed by atoms with E-state index in [2.05, 4.69) is 9.88 Å². The number of carbonyl (C=O) groups is 2. The Morgan fingerprint density at radius 2 is 1.91 bits per heavy atom. The molecule has 0 radical (unpaired) electrons. The number of aromatic nitrogens is 2. The van der Waals surface area contributed by atoms with Gasteiger partial charge >= 0.3 is 5.97 Å². The van der Waals surface area contributed by atoms with E-state index in [9.17, 15) is 14.7 Å². The Hall–Kier alpha value is -2.41. The predicted molar refractivity (Wildman–Crippen MR) is 84.4 cm³/mol. The molecule has 1 amide bonds. The number of carboxylic acids is 1. The molecule has 0 aliphatic carbocycles. The number of aryl methyl sites for hydroxylation is 1. The Kier molecular flexibility index (Phi) is 4.04. The van der Waals surface area contributed by atoms with Crippen LogP contribution in [0.1, 0.15) is 28.7 Å². The average molecular weight is 316 g/mol. The van der Waals surface area contributed by atoms with E-state index in [1.54, 1.807) is 6.92 Å². The standard InChI is InChI=1S/C16H20N4O3/c1-11-3-4-14-17-15(16(22)23)13(20(14)9-11)10-18-5-7-19(8-6-18)12(2)21/h3-4,9H,5-8,10H2,1-2H3,(H,22,23). The molecule has 1 N–H and O–H groups in total. The molecule has 0 aromatic carbocycles. The van der Waals surface area contributed by atoms with Crippen LogP contribution in [-0.4, -0.2) is 62.3 Å². The minimum Gasteiger partial charge on any atom is -0.476 e. The summed E-state index contributed by atoms with van der Waals surface area (Å²) in [7, 11) is 0. The second kappa shape index (κ2) is 6.00. The van der Waals surface area contributed by atoms with Crippen molar-refractivity contribution in [1.29, 1.82) is 0 Å². The normalized spacial score (nSPS) is 16.0. The van der Waals surface area contributed by atoms with Gasteiger partial charge in [0, 0.05) is 45.8 Å². The summed E-state index contributed by atoms with van der Waals surface area (Å²) in [5.74, 6) is -0.926. The molecule has 3 heterocycles. The first-order valence-corrected chi connectivity index (χ1v) is 7.64. The lowest BCUT2D eigenvalue weighted by Gasteiger charge is -2.34. The molecule has 1 fully saturated rings. The van der Waals surface area contributed by atoms with Gasteiger partial charge in [-0.1, -0.05) is 6.07 Å². The van der Waals surface area contributed by atoms with Crippen LogP contribution in [0.3, 0.4) is 0 Å². The molecule has 2 aromatic heterocycles. The Labute approximate surface area is 134 Å². The lowest BCUT2D eigenvalue weighted by molar-refractivity contribution is -0.130. The number of fused-ring (bicyclic) bond motifs is 1. The maximum Gasteiger partial charge on any atom is 0.356 e. The van der Waals surface area contributed by atoms with Crippen LogP contribution >= 0.6 is 0 Å². The summed E-state index contributed by atoms with van der Waals surface area (Å²) in [5.41, 5.74) is 2.48. The molecule has 7 nitrogen and oxygen atoms in total. The van der Waals surface area contributed by atoms with Crippen LogP contribution in [0.5, 0.6) is 0 Å². The second-order valence-electron chi connectivity index (χ2n) is 5.93. The summed E-state index contributed by atoms with van der Waals surface area (Å²) in [4.78, 5) is 31.1. The van der Waals surface area contributed by atoms with Gasteiger partial charge in [-0.05, 0) is 18.6 Å². The maximum absolute atomic E-state index is 11.5. The van der Waals surface area contributed by atoms with E-state index in [1.165, 1.54) is 0 Å². The number of hydrogen-bond donors (Lipinski definition) is 1. The number of carbonyl (C=O) groups excluding carboxylic acids is 1. The Morgan fingerprint density at radius 1 is 1.22 bits per heavy atom. The van der Waals surface area contributed by atoms with Crippen molar-refractivity contribution in [3.05, 3.63) is 35.3 Å². The molecule has 23 heavy (non-hydrogen) atoms. The highest BCUT2D eigenvalue weighted by Crippen LogP contribution is 2.17. The van der Waals surface area contributed by atoms with Gasteiger partial charge in [-0.3, -0.25) is 9.69 Å². The fourth-order valence-corrected chi connectivity index (χ4v) is 2.95. The monoisotopic (exact) mass is 316 g/mol. The molecule has 1 saturated heterocycles. The number of carboxylic acid groups (broad SMARTS) is 1. The summed E-state index contributed by atoms with van der Waals surface area (Å²) in [5, 5.41) is 9.43. The van der Waals surface area contributed by atoms with Crippen LogP contribution in [-0.2, 0) is 11.3 Å². The van der Waals surface area contributed by atoms with E-state index in [0.717, 1.165) is 18.7 Å². The van der Waals surface area contributed by atoms with Crippen molar-refractivity contribution in [3.63, 3.8) is 0 Å². The highest BCUT2D eigenvalue weighted by atomic mass is 16.4. The molecule has 1 aliphatic rings. The third kappa shape index (κ3) is 3.05. The van der Waals surface area contributed by atoms with Crippen molar-refractivity contribution in [2.24, 2.45) is 0 Å². The number of rotatable bonds is 3. The number of pyridine rings is 1. The van der Waals surface area contributed by atoms with Gasteiger partial charge in [0.2, 0.25) is 5.91 Å². The molecule has 7 heteroatoms. The summed E-state index contributed by atoms with van der Waals surface area (Å²) in [6, 6.07) is 3.75. The zero-order valence-corrected chi connectivity index (χ0v) is 13.3. The molecule has 3 rings (SSSR count). The van der Waals surface area contributed by atoms with Crippen LogP contribution < -0.4 is 0 Å². The van der Waals surface area contributed by atoms with Gasteiger partial charge in [0.05, 0.1) is 5.69 Å².